The molecule has 0 saturated heterocycles. The Hall–Kier alpha value is 0.0462. The van der Waals surface area contributed by atoms with E-state index in [2.05, 4.69) is 6.07 Å². The average molecular weight is 319 g/mol. The van der Waals surface area contributed by atoms with E-state index < -0.39 is 18.4 Å². The van der Waals surface area contributed by atoms with E-state index in [9.17, 15) is 26.3 Å². The third-order valence-corrected chi connectivity index (χ3v) is 1.01. The monoisotopic (exact) mass is 318 g/mol. The summed E-state index contributed by atoms with van der Waals surface area (Å²) in [5.74, 6) is 0. The van der Waals surface area contributed by atoms with E-state index in [0.29, 0.717) is 0 Å². The van der Waals surface area contributed by atoms with Gasteiger partial charge >= 0.3 is 29.2 Å². The van der Waals surface area contributed by atoms with Gasteiger partial charge in [0.15, 0.2) is 6.68 Å². The normalized spacial score (nSPS) is 9.44. The fourth-order valence-corrected chi connectivity index (χ4v) is 0.570. The molecule has 0 aliphatic heterocycles. The maximum absolute atomic E-state index is 11.8. The Morgan fingerprint density at radius 1 is 1.06 bits per heavy atom. The van der Waals surface area contributed by atoms with Gasteiger partial charge in [0.1, 0.15) is 0 Å². The predicted octanol–water partition coefficient (Wildman–Crippen LogP) is 4.04. The fourth-order valence-electron chi connectivity index (χ4n) is 0.570. The largest absolute Gasteiger partial charge is 2.00 e. The van der Waals surface area contributed by atoms with Gasteiger partial charge in [0.05, 0.1) is 0 Å². The minimum absolute atomic E-state index is 0. The summed E-state index contributed by atoms with van der Waals surface area (Å²) in [7, 11) is 0. The maximum atomic E-state index is 11.8. The van der Waals surface area contributed by atoms with Crippen LogP contribution >= 0.6 is 17.0 Å². The van der Waals surface area contributed by atoms with Crippen LogP contribution in [0.25, 0.3) is 0 Å². The molecule has 1 aromatic rings. The molecule has 1 aromatic carbocycles. The van der Waals surface area contributed by atoms with E-state index in [1.54, 1.807) is 0 Å². The quantitative estimate of drug-likeness (QED) is 0.384. The van der Waals surface area contributed by atoms with Gasteiger partial charge in [-0.2, -0.15) is 43.5 Å². The van der Waals surface area contributed by atoms with Crippen molar-refractivity contribution >= 4 is 40.0 Å². The van der Waals surface area contributed by atoms with Crippen LogP contribution in [0.2, 0.25) is 0 Å². The van der Waals surface area contributed by atoms with E-state index in [1.807, 2.05) is 0 Å². The Labute approximate surface area is 115 Å². The second kappa shape index (κ2) is 10.2. The number of alkyl halides is 3. The third-order valence-electron chi connectivity index (χ3n) is 1.01. The van der Waals surface area contributed by atoms with Crippen molar-refractivity contribution in [1.29, 1.82) is 0 Å². The number of benzene rings is 1. The molecule has 0 amide bonds. The number of hydrogen-bond acceptors (Lipinski definition) is 0. The molecule has 0 atom stereocenters. The Kier molecular flexibility index (Phi) is 13.6. The van der Waals surface area contributed by atoms with E-state index in [4.69, 9.17) is 0 Å². The molecule has 88 valence electrons. The molecule has 16 heavy (non-hydrogen) atoms. The summed E-state index contributed by atoms with van der Waals surface area (Å²) in [6.07, 6.45) is -4.26. The first-order valence-corrected chi connectivity index (χ1v) is 3.21. The minimum Gasteiger partial charge on any atom is -0.385 e. The van der Waals surface area contributed by atoms with Crippen LogP contribution in [0.3, 0.4) is 0 Å². The van der Waals surface area contributed by atoms with Gasteiger partial charge < -0.3 is 13.2 Å². The molecule has 0 heterocycles. The predicted molar refractivity (Wildman–Crippen MR) is 52.9 cm³/mol. The smallest absolute Gasteiger partial charge is 0.385 e. The molecular weight excluding hydrogens is 314 g/mol. The first kappa shape index (κ1) is 21.3. The van der Waals surface area contributed by atoms with Crippen LogP contribution in [0.4, 0.5) is 26.3 Å². The Balaban J connectivity index is -0.000000249. The van der Waals surface area contributed by atoms with Crippen molar-refractivity contribution in [2.75, 3.05) is 0 Å². The summed E-state index contributed by atoms with van der Waals surface area (Å²) < 4.78 is 64.0. The fraction of sp³-hybridized carbons (Fsp3) is 0.125. The standard InChI is InChI=1S/C7H4F3.CF3.BrH.Mg/c8-7(9,10)6-4-2-1-3-5-6;2-1(3)4;;/h1-4H;;1H;/q2*-1;;+2. The van der Waals surface area contributed by atoms with Crippen LogP contribution in [0.5, 0.6) is 0 Å². The SMILES string of the molecule is Br.FC(F)(F)c1[c-]cccc1.F[C-](F)F.[Mg+2]. The van der Waals surface area contributed by atoms with Gasteiger partial charge in [-0.05, 0) is 0 Å². The molecule has 0 spiro atoms. The molecule has 0 nitrogen and oxygen atoms in total. The van der Waals surface area contributed by atoms with Crippen molar-refractivity contribution in [2.45, 2.75) is 6.18 Å². The molecule has 0 bridgehead atoms. The Morgan fingerprint density at radius 2 is 1.50 bits per heavy atom. The van der Waals surface area contributed by atoms with Gasteiger partial charge in [-0.1, -0.05) is 5.56 Å². The van der Waals surface area contributed by atoms with Crippen LogP contribution in [0.15, 0.2) is 24.3 Å². The van der Waals surface area contributed by atoms with Crippen molar-refractivity contribution in [3.63, 3.8) is 0 Å². The van der Waals surface area contributed by atoms with Gasteiger partial charge in [-0.15, -0.1) is 17.0 Å². The van der Waals surface area contributed by atoms with E-state index >= 15 is 0 Å². The zero-order valence-electron chi connectivity index (χ0n) is 7.69. The molecule has 0 fully saturated rings. The summed E-state index contributed by atoms with van der Waals surface area (Å²) >= 11 is 0. The number of rotatable bonds is 0. The summed E-state index contributed by atoms with van der Waals surface area (Å²) in [5, 5.41) is 0. The van der Waals surface area contributed by atoms with Crippen molar-refractivity contribution in [2.24, 2.45) is 0 Å². The van der Waals surface area contributed by atoms with Crippen molar-refractivity contribution in [3.05, 3.63) is 42.6 Å². The second-order valence-corrected chi connectivity index (χ2v) is 1.99. The number of halogens is 7. The molecule has 0 radical (unpaired) electrons. The molecule has 0 saturated carbocycles. The molecule has 0 aromatic heterocycles. The van der Waals surface area contributed by atoms with Gasteiger partial charge in [0.2, 0.25) is 0 Å². The van der Waals surface area contributed by atoms with Crippen LogP contribution in [0, 0.1) is 12.7 Å². The van der Waals surface area contributed by atoms with Crippen LogP contribution < -0.4 is 0 Å². The molecule has 0 aliphatic carbocycles. The van der Waals surface area contributed by atoms with Crippen molar-refractivity contribution < 1.29 is 26.3 Å². The zero-order valence-corrected chi connectivity index (χ0v) is 10.8. The second-order valence-electron chi connectivity index (χ2n) is 1.99. The third kappa shape index (κ3) is 12.1. The first-order valence-electron chi connectivity index (χ1n) is 3.21. The minimum atomic E-state index is -4.26. The molecule has 0 unspecified atom stereocenters. The van der Waals surface area contributed by atoms with Gasteiger partial charge in [0.25, 0.3) is 0 Å². The van der Waals surface area contributed by atoms with E-state index in [-0.39, 0.29) is 40.0 Å². The van der Waals surface area contributed by atoms with Gasteiger partial charge in [-0.3, -0.25) is 0 Å². The molecule has 0 N–H and O–H groups in total. The first-order chi connectivity index (χ1) is 6.34. The summed E-state index contributed by atoms with van der Waals surface area (Å²) in [5.41, 5.74) is -0.727. The summed E-state index contributed by atoms with van der Waals surface area (Å²) in [4.78, 5) is 0. The zero-order chi connectivity index (χ0) is 11.2. The maximum Gasteiger partial charge on any atom is 2.00 e. The molecule has 8 heteroatoms. The van der Waals surface area contributed by atoms with Gasteiger partial charge in [-0.25, -0.2) is 0 Å². The van der Waals surface area contributed by atoms with Crippen molar-refractivity contribution in [3.8, 4) is 0 Å². The van der Waals surface area contributed by atoms with Gasteiger partial charge in [0, 0.05) is 0 Å². The van der Waals surface area contributed by atoms with Crippen LogP contribution in [-0.4, -0.2) is 23.1 Å². The van der Waals surface area contributed by atoms with Crippen LogP contribution in [-0.2, 0) is 6.18 Å². The summed E-state index contributed by atoms with van der Waals surface area (Å²) in [6.45, 7) is -3.08. The van der Waals surface area contributed by atoms with E-state index in [0.717, 1.165) is 6.07 Å². The average Bonchev–Trinajstić information content (AvgIpc) is 2.03. The summed E-state index contributed by atoms with van der Waals surface area (Å²) in [6, 6.07) is 7.14. The molecular formula is C8H5BrF6Mg. The van der Waals surface area contributed by atoms with Crippen LogP contribution in [0.1, 0.15) is 5.56 Å². The van der Waals surface area contributed by atoms with Crippen molar-refractivity contribution in [1.82, 2.24) is 0 Å². The topological polar surface area (TPSA) is 0 Å². The Bertz CT molecular complexity index is 248. The van der Waals surface area contributed by atoms with E-state index in [1.165, 1.54) is 18.2 Å². The molecule has 0 aliphatic rings. The molecule has 1 rings (SSSR count). The number of hydrogen-bond donors (Lipinski definition) is 0. The Morgan fingerprint density at radius 3 is 1.69 bits per heavy atom.